The van der Waals surface area contributed by atoms with Crippen LogP contribution in [0.1, 0.15) is 77.0 Å². The van der Waals surface area contributed by atoms with Gasteiger partial charge in [0, 0.05) is 6.42 Å². The average Bonchev–Trinajstić information content (AvgIpc) is 2.39. The number of esters is 1. The van der Waals surface area contributed by atoms with Gasteiger partial charge in [0.1, 0.15) is 0 Å². The highest BCUT2D eigenvalue weighted by atomic mass is 16.5. The molecule has 2 heteroatoms. The third kappa shape index (κ3) is 13.3. The van der Waals surface area contributed by atoms with E-state index in [1.54, 1.807) is 0 Å². The fourth-order valence-corrected chi connectivity index (χ4v) is 2.07. The number of hydrogen-bond donors (Lipinski definition) is 0. The van der Waals surface area contributed by atoms with Crippen LogP contribution in [0.5, 0.6) is 0 Å². The van der Waals surface area contributed by atoms with E-state index in [0.29, 0.717) is 6.42 Å². The first kappa shape index (κ1) is 17.2. The number of carbonyl (C=O) groups excluding carboxylic acids is 1. The van der Waals surface area contributed by atoms with Crippen molar-refractivity contribution in [2.45, 2.75) is 77.0 Å². The number of carbonyl (C=O) groups is 1. The van der Waals surface area contributed by atoms with Crippen molar-refractivity contribution >= 4 is 5.97 Å². The van der Waals surface area contributed by atoms with Crippen LogP contribution >= 0.6 is 0 Å². The molecule has 0 aromatic heterocycles. The maximum absolute atomic E-state index is 10.9. The Morgan fingerprint density at radius 1 is 0.889 bits per heavy atom. The lowest BCUT2D eigenvalue weighted by molar-refractivity contribution is -0.140. The summed E-state index contributed by atoms with van der Waals surface area (Å²) in [5.41, 5.74) is 0. The van der Waals surface area contributed by atoms with Gasteiger partial charge in [-0.3, -0.25) is 4.79 Å². The first-order chi connectivity index (χ1) is 8.81. The Hall–Kier alpha value is -0.790. The SMILES string of the molecule is C=CCCCCCCCCCCCCC(=O)OC. The van der Waals surface area contributed by atoms with Crippen molar-refractivity contribution in [2.75, 3.05) is 7.11 Å². The highest BCUT2D eigenvalue weighted by Gasteiger charge is 1.98. The number of ether oxygens (including phenoxy) is 1. The van der Waals surface area contributed by atoms with E-state index < -0.39 is 0 Å². The summed E-state index contributed by atoms with van der Waals surface area (Å²) < 4.78 is 4.61. The first-order valence-electron chi connectivity index (χ1n) is 7.49. The molecule has 0 N–H and O–H groups in total. The van der Waals surface area contributed by atoms with Gasteiger partial charge in [-0.15, -0.1) is 6.58 Å². The zero-order valence-electron chi connectivity index (χ0n) is 12.1. The zero-order valence-corrected chi connectivity index (χ0v) is 12.1. The summed E-state index contributed by atoms with van der Waals surface area (Å²) in [4.78, 5) is 10.9. The van der Waals surface area contributed by atoms with Crippen molar-refractivity contribution < 1.29 is 9.53 Å². The number of hydrogen-bond acceptors (Lipinski definition) is 2. The maximum Gasteiger partial charge on any atom is 0.305 e. The summed E-state index contributed by atoms with van der Waals surface area (Å²) in [5, 5.41) is 0. The van der Waals surface area contributed by atoms with Crippen LogP contribution < -0.4 is 0 Å². The topological polar surface area (TPSA) is 26.3 Å². The van der Waals surface area contributed by atoms with Gasteiger partial charge in [-0.05, 0) is 19.3 Å². The van der Waals surface area contributed by atoms with Gasteiger partial charge in [-0.2, -0.15) is 0 Å². The number of rotatable bonds is 13. The average molecular weight is 254 g/mol. The molecule has 0 atom stereocenters. The quantitative estimate of drug-likeness (QED) is 0.262. The van der Waals surface area contributed by atoms with Crippen LogP contribution in [-0.2, 0) is 9.53 Å². The minimum atomic E-state index is -0.0745. The standard InChI is InChI=1S/C16H30O2/c1-3-4-5-6-7-8-9-10-11-12-13-14-15-16(17)18-2/h3H,1,4-15H2,2H3. The second kappa shape index (κ2) is 14.3. The van der Waals surface area contributed by atoms with Crippen LogP contribution in [0.15, 0.2) is 12.7 Å². The van der Waals surface area contributed by atoms with E-state index in [0.717, 1.165) is 12.8 Å². The third-order valence-corrected chi connectivity index (χ3v) is 3.27. The Bertz CT molecular complexity index is 199. The van der Waals surface area contributed by atoms with E-state index >= 15 is 0 Å². The number of unbranched alkanes of at least 4 members (excludes halogenated alkanes) is 10. The molecule has 0 rings (SSSR count). The van der Waals surface area contributed by atoms with Crippen LogP contribution in [0.25, 0.3) is 0 Å². The van der Waals surface area contributed by atoms with E-state index in [1.807, 2.05) is 6.08 Å². The monoisotopic (exact) mass is 254 g/mol. The molecule has 0 fully saturated rings. The third-order valence-electron chi connectivity index (χ3n) is 3.27. The molecule has 18 heavy (non-hydrogen) atoms. The maximum atomic E-state index is 10.9. The Kier molecular flexibility index (Phi) is 13.6. The van der Waals surface area contributed by atoms with Gasteiger partial charge in [0.15, 0.2) is 0 Å². The largest absolute Gasteiger partial charge is 0.469 e. The Labute approximate surface area is 113 Å². The molecule has 106 valence electrons. The van der Waals surface area contributed by atoms with Crippen molar-refractivity contribution in [3.05, 3.63) is 12.7 Å². The second-order valence-electron chi connectivity index (χ2n) is 4.94. The lowest BCUT2D eigenvalue weighted by Gasteiger charge is -2.02. The lowest BCUT2D eigenvalue weighted by atomic mass is 10.1. The minimum absolute atomic E-state index is 0.0745. The Morgan fingerprint density at radius 3 is 1.78 bits per heavy atom. The van der Waals surface area contributed by atoms with Crippen molar-refractivity contribution in [1.82, 2.24) is 0 Å². The molecular weight excluding hydrogens is 224 g/mol. The van der Waals surface area contributed by atoms with E-state index in [9.17, 15) is 4.79 Å². The molecular formula is C16H30O2. The van der Waals surface area contributed by atoms with E-state index in [-0.39, 0.29) is 5.97 Å². The predicted octanol–water partition coefficient (Wildman–Crippen LogP) is 5.03. The highest BCUT2D eigenvalue weighted by molar-refractivity contribution is 5.68. The van der Waals surface area contributed by atoms with Crippen molar-refractivity contribution in [1.29, 1.82) is 0 Å². The molecule has 0 aromatic rings. The van der Waals surface area contributed by atoms with Gasteiger partial charge in [-0.25, -0.2) is 0 Å². The van der Waals surface area contributed by atoms with E-state index in [1.165, 1.54) is 64.9 Å². The Morgan fingerprint density at radius 2 is 1.33 bits per heavy atom. The van der Waals surface area contributed by atoms with Crippen LogP contribution in [-0.4, -0.2) is 13.1 Å². The van der Waals surface area contributed by atoms with E-state index in [2.05, 4.69) is 11.3 Å². The fraction of sp³-hybridized carbons (Fsp3) is 0.812. The highest BCUT2D eigenvalue weighted by Crippen LogP contribution is 2.12. The molecule has 0 spiro atoms. The summed E-state index contributed by atoms with van der Waals surface area (Å²) in [7, 11) is 1.46. The molecule has 0 amide bonds. The molecule has 0 bridgehead atoms. The molecule has 0 aliphatic heterocycles. The smallest absolute Gasteiger partial charge is 0.305 e. The lowest BCUT2D eigenvalue weighted by Crippen LogP contribution is -1.99. The van der Waals surface area contributed by atoms with Crippen LogP contribution in [0.4, 0.5) is 0 Å². The van der Waals surface area contributed by atoms with Gasteiger partial charge in [0.2, 0.25) is 0 Å². The van der Waals surface area contributed by atoms with Gasteiger partial charge < -0.3 is 4.74 Å². The molecule has 0 aliphatic carbocycles. The summed E-state index contributed by atoms with van der Waals surface area (Å²) in [6.07, 6.45) is 16.6. The molecule has 0 radical (unpaired) electrons. The van der Waals surface area contributed by atoms with Crippen molar-refractivity contribution in [3.8, 4) is 0 Å². The molecule has 0 heterocycles. The fourth-order valence-electron chi connectivity index (χ4n) is 2.07. The molecule has 0 unspecified atom stereocenters. The van der Waals surface area contributed by atoms with Crippen LogP contribution in [0, 0.1) is 0 Å². The molecule has 0 aliphatic rings. The normalized spacial score (nSPS) is 10.3. The summed E-state index contributed by atoms with van der Waals surface area (Å²) in [6.45, 7) is 3.73. The number of methoxy groups -OCH3 is 1. The molecule has 0 saturated carbocycles. The van der Waals surface area contributed by atoms with Crippen LogP contribution in [0.2, 0.25) is 0 Å². The summed E-state index contributed by atoms with van der Waals surface area (Å²) in [5.74, 6) is -0.0745. The predicted molar refractivity (Wildman–Crippen MR) is 77.6 cm³/mol. The van der Waals surface area contributed by atoms with Gasteiger partial charge in [-0.1, -0.05) is 57.4 Å². The molecule has 2 nitrogen and oxygen atoms in total. The van der Waals surface area contributed by atoms with Crippen molar-refractivity contribution in [3.63, 3.8) is 0 Å². The molecule has 0 saturated heterocycles. The number of allylic oxidation sites excluding steroid dienone is 1. The van der Waals surface area contributed by atoms with Crippen LogP contribution in [0.3, 0.4) is 0 Å². The summed E-state index contributed by atoms with van der Waals surface area (Å²) >= 11 is 0. The van der Waals surface area contributed by atoms with Crippen molar-refractivity contribution in [2.24, 2.45) is 0 Å². The zero-order chi connectivity index (χ0) is 13.5. The summed E-state index contributed by atoms with van der Waals surface area (Å²) in [6, 6.07) is 0. The Balaban J connectivity index is 2.98. The van der Waals surface area contributed by atoms with Gasteiger partial charge in [0.05, 0.1) is 7.11 Å². The van der Waals surface area contributed by atoms with E-state index in [4.69, 9.17) is 0 Å². The molecule has 0 aromatic carbocycles. The first-order valence-corrected chi connectivity index (χ1v) is 7.49. The van der Waals surface area contributed by atoms with Gasteiger partial charge >= 0.3 is 5.97 Å². The second-order valence-corrected chi connectivity index (χ2v) is 4.94. The van der Waals surface area contributed by atoms with Gasteiger partial charge in [0.25, 0.3) is 0 Å². The minimum Gasteiger partial charge on any atom is -0.469 e.